The fraction of sp³-hybridized carbons (Fsp3) is 0.364. The molecule has 1 aliphatic heterocycles. The van der Waals surface area contributed by atoms with Crippen molar-refractivity contribution in [2.75, 3.05) is 11.4 Å². The number of nitrogens with one attached hydrogen (secondary N) is 1. The smallest absolute Gasteiger partial charge is 0.258 e. The lowest BCUT2D eigenvalue weighted by molar-refractivity contribution is 0.0917. The SMILES string of the molecule is Cc1ccc2c(c1)CCCN2C(=O)c1ccc(C(=O)NC(C)(C)C)cc1. The summed E-state index contributed by atoms with van der Waals surface area (Å²) < 4.78 is 0. The molecule has 0 unspecified atom stereocenters. The molecule has 3 rings (SSSR count). The topological polar surface area (TPSA) is 49.4 Å². The Morgan fingerprint density at radius 1 is 1.00 bits per heavy atom. The van der Waals surface area contributed by atoms with Crippen LogP contribution in [0.5, 0.6) is 0 Å². The van der Waals surface area contributed by atoms with Crippen molar-refractivity contribution < 1.29 is 9.59 Å². The minimum atomic E-state index is -0.290. The van der Waals surface area contributed by atoms with Gasteiger partial charge < -0.3 is 10.2 Å². The standard InChI is InChI=1S/C22H26N2O2/c1-15-7-12-19-18(14-15)6-5-13-24(19)21(26)17-10-8-16(9-11-17)20(25)23-22(2,3)4/h7-12,14H,5-6,13H2,1-4H3,(H,23,25). The second-order valence-electron chi connectivity index (χ2n) is 7.97. The molecular formula is C22H26N2O2. The minimum absolute atomic E-state index is 0.0161. The average molecular weight is 350 g/mol. The normalized spacial score (nSPS) is 13.9. The monoisotopic (exact) mass is 350 g/mol. The van der Waals surface area contributed by atoms with Crippen LogP contribution in [0.4, 0.5) is 5.69 Å². The summed E-state index contributed by atoms with van der Waals surface area (Å²) in [5, 5.41) is 2.93. The Hall–Kier alpha value is -2.62. The molecule has 2 aromatic carbocycles. The van der Waals surface area contributed by atoms with Gasteiger partial charge in [0, 0.05) is 28.9 Å². The average Bonchev–Trinajstić information content (AvgIpc) is 2.59. The van der Waals surface area contributed by atoms with Crippen LogP contribution in [-0.2, 0) is 6.42 Å². The highest BCUT2D eigenvalue weighted by molar-refractivity contribution is 6.07. The van der Waals surface area contributed by atoms with Gasteiger partial charge in [-0.25, -0.2) is 0 Å². The first kappa shape index (κ1) is 18.2. The van der Waals surface area contributed by atoms with Gasteiger partial charge in [-0.2, -0.15) is 0 Å². The van der Waals surface area contributed by atoms with E-state index in [0.717, 1.165) is 25.1 Å². The van der Waals surface area contributed by atoms with Crippen molar-refractivity contribution in [2.45, 2.75) is 46.1 Å². The van der Waals surface area contributed by atoms with Gasteiger partial charge in [0.15, 0.2) is 0 Å². The molecular weight excluding hydrogens is 324 g/mol. The number of aryl methyl sites for hydroxylation is 2. The summed E-state index contributed by atoms with van der Waals surface area (Å²) in [6.07, 6.45) is 1.97. The largest absolute Gasteiger partial charge is 0.347 e. The summed E-state index contributed by atoms with van der Waals surface area (Å²) in [6.45, 7) is 8.62. The molecule has 0 atom stereocenters. The van der Waals surface area contributed by atoms with E-state index in [-0.39, 0.29) is 17.4 Å². The molecule has 0 saturated carbocycles. The fourth-order valence-electron chi connectivity index (χ4n) is 3.27. The number of fused-ring (bicyclic) bond motifs is 1. The number of benzene rings is 2. The van der Waals surface area contributed by atoms with Crippen molar-refractivity contribution in [1.29, 1.82) is 0 Å². The van der Waals surface area contributed by atoms with Crippen LogP contribution in [0.15, 0.2) is 42.5 Å². The summed E-state index contributed by atoms with van der Waals surface area (Å²) in [4.78, 5) is 27.1. The zero-order chi connectivity index (χ0) is 18.9. The summed E-state index contributed by atoms with van der Waals surface area (Å²) >= 11 is 0. The summed E-state index contributed by atoms with van der Waals surface area (Å²) in [5.41, 5.74) is 4.32. The molecule has 4 nitrogen and oxygen atoms in total. The molecule has 0 bridgehead atoms. The van der Waals surface area contributed by atoms with Gasteiger partial charge in [0.25, 0.3) is 11.8 Å². The van der Waals surface area contributed by atoms with Gasteiger partial charge in [-0.3, -0.25) is 9.59 Å². The number of carbonyl (C=O) groups excluding carboxylic acids is 2. The molecule has 1 aliphatic rings. The molecule has 0 fully saturated rings. The van der Waals surface area contributed by atoms with E-state index in [1.807, 2.05) is 37.8 Å². The predicted octanol–water partition coefficient (Wildman–Crippen LogP) is 4.12. The quantitative estimate of drug-likeness (QED) is 0.886. The Balaban J connectivity index is 1.80. The molecule has 0 spiro atoms. The maximum Gasteiger partial charge on any atom is 0.258 e. The van der Waals surface area contributed by atoms with Crippen molar-refractivity contribution in [3.05, 3.63) is 64.7 Å². The van der Waals surface area contributed by atoms with E-state index in [1.165, 1.54) is 11.1 Å². The molecule has 2 amide bonds. The van der Waals surface area contributed by atoms with Gasteiger partial charge in [-0.15, -0.1) is 0 Å². The van der Waals surface area contributed by atoms with Crippen molar-refractivity contribution in [3.8, 4) is 0 Å². The molecule has 0 saturated heterocycles. The van der Waals surface area contributed by atoms with Gasteiger partial charge in [-0.1, -0.05) is 17.7 Å². The fourth-order valence-corrected chi connectivity index (χ4v) is 3.27. The molecule has 1 heterocycles. The second-order valence-corrected chi connectivity index (χ2v) is 7.97. The van der Waals surface area contributed by atoms with Crippen LogP contribution in [0.1, 0.15) is 59.0 Å². The first-order chi connectivity index (χ1) is 12.2. The van der Waals surface area contributed by atoms with Crippen LogP contribution in [0.25, 0.3) is 0 Å². The van der Waals surface area contributed by atoms with Gasteiger partial charge in [0.1, 0.15) is 0 Å². The third-order valence-electron chi connectivity index (χ3n) is 4.48. The number of nitrogens with zero attached hydrogens (tertiary/aromatic N) is 1. The van der Waals surface area contributed by atoms with Crippen LogP contribution in [0, 0.1) is 6.92 Å². The highest BCUT2D eigenvalue weighted by atomic mass is 16.2. The molecule has 0 aliphatic carbocycles. The zero-order valence-electron chi connectivity index (χ0n) is 15.9. The van der Waals surface area contributed by atoms with Crippen LogP contribution in [-0.4, -0.2) is 23.9 Å². The Labute approximate surface area is 155 Å². The number of amides is 2. The maximum absolute atomic E-state index is 13.0. The van der Waals surface area contributed by atoms with E-state index in [9.17, 15) is 9.59 Å². The number of anilines is 1. The van der Waals surface area contributed by atoms with Gasteiger partial charge in [0.2, 0.25) is 0 Å². The van der Waals surface area contributed by atoms with E-state index in [2.05, 4.69) is 18.3 Å². The van der Waals surface area contributed by atoms with E-state index in [0.29, 0.717) is 11.1 Å². The molecule has 4 heteroatoms. The Morgan fingerprint density at radius 3 is 2.31 bits per heavy atom. The third kappa shape index (κ3) is 3.96. The maximum atomic E-state index is 13.0. The minimum Gasteiger partial charge on any atom is -0.347 e. The van der Waals surface area contributed by atoms with E-state index in [4.69, 9.17) is 0 Å². The van der Waals surface area contributed by atoms with Gasteiger partial charge >= 0.3 is 0 Å². The molecule has 2 aromatic rings. The third-order valence-corrected chi connectivity index (χ3v) is 4.48. The number of rotatable bonds is 2. The van der Waals surface area contributed by atoms with Crippen molar-refractivity contribution in [2.24, 2.45) is 0 Å². The highest BCUT2D eigenvalue weighted by Gasteiger charge is 2.24. The molecule has 1 N–H and O–H groups in total. The van der Waals surface area contributed by atoms with Crippen molar-refractivity contribution in [1.82, 2.24) is 5.32 Å². The second kappa shape index (κ2) is 6.94. The van der Waals surface area contributed by atoms with E-state index < -0.39 is 0 Å². The number of hydrogen-bond donors (Lipinski definition) is 1. The first-order valence-corrected chi connectivity index (χ1v) is 9.08. The van der Waals surface area contributed by atoms with Gasteiger partial charge in [-0.05, 0) is 76.4 Å². The molecule has 0 radical (unpaired) electrons. The lowest BCUT2D eigenvalue weighted by Gasteiger charge is -2.30. The van der Waals surface area contributed by atoms with Crippen LogP contribution >= 0.6 is 0 Å². The Bertz CT molecular complexity index is 832. The van der Waals surface area contributed by atoms with E-state index in [1.54, 1.807) is 24.3 Å². The summed E-state index contributed by atoms with van der Waals surface area (Å²) in [5.74, 6) is -0.145. The number of carbonyl (C=O) groups is 2. The van der Waals surface area contributed by atoms with Crippen molar-refractivity contribution >= 4 is 17.5 Å². The van der Waals surface area contributed by atoms with Crippen molar-refractivity contribution in [3.63, 3.8) is 0 Å². The van der Waals surface area contributed by atoms with Crippen LogP contribution in [0.2, 0.25) is 0 Å². The van der Waals surface area contributed by atoms with E-state index >= 15 is 0 Å². The summed E-state index contributed by atoms with van der Waals surface area (Å²) in [7, 11) is 0. The lowest BCUT2D eigenvalue weighted by atomic mass is 9.98. The van der Waals surface area contributed by atoms with Gasteiger partial charge in [0.05, 0.1) is 0 Å². The predicted molar refractivity (Wildman–Crippen MR) is 105 cm³/mol. The Kier molecular flexibility index (Phi) is 4.86. The first-order valence-electron chi connectivity index (χ1n) is 9.08. The number of hydrogen-bond acceptors (Lipinski definition) is 2. The zero-order valence-corrected chi connectivity index (χ0v) is 15.9. The lowest BCUT2D eigenvalue weighted by Crippen LogP contribution is -2.40. The van der Waals surface area contributed by atoms with Crippen LogP contribution < -0.4 is 10.2 Å². The molecule has 26 heavy (non-hydrogen) atoms. The highest BCUT2D eigenvalue weighted by Crippen LogP contribution is 2.29. The van der Waals surface area contributed by atoms with Crippen LogP contribution in [0.3, 0.4) is 0 Å². The molecule has 136 valence electrons. The Morgan fingerprint density at radius 2 is 1.65 bits per heavy atom. The summed E-state index contributed by atoms with van der Waals surface area (Å²) in [6, 6.07) is 13.2. The molecule has 0 aromatic heterocycles.